The summed E-state index contributed by atoms with van der Waals surface area (Å²) in [6.45, 7) is 13.1. The Balaban J connectivity index is 5.64. The van der Waals surface area contributed by atoms with Crippen molar-refractivity contribution in [3.8, 4) is 0 Å². The average molecular weight is 330 g/mol. The number of hydrogen-bond acceptors (Lipinski definition) is 5. The van der Waals surface area contributed by atoms with Crippen molar-refractivity contribution in [1.29, 1.82) is 0 Å². The van der Waals surface area contributed by atoms with Gasteiger partial charge in [0, 0.05) is 13.7 Å². The zero-order valence-electron chi connectivity index (χ0n) is 16.1. The molecule has 0 amide bonds. The van der Waals surface area contributed by atoms with Crippen LogP contribution in [0.5, 0.6) is 0 Å². The second-order valence-corrected chi connectivity index (χ2v) is 7.93. The van der Waals surface area contributed by atoms with E-state index >= 15 is 0 Å². The molecule has 0 rings (SSSR count). The van der Waals surface area contributed by atoms with Crippen LogP contribution in [0.4, 0.5) is 0 Å². The predicted octanol–water partition coefficient (Wildman–Crippen LogP) is 3.88. The van der Waals surface area contributed by atoms with Gasteiger partial charge in [0.15, 0.2) is 5.41 Å². The Morgan fingerprint density at radius 1 is 0.826 bits per heavy atom. The SMILES string of the molecule is CCCCC(CCOC)(C(=O)OC(C)(C)C)C(=O)OC(C)(C)C. The van der Waals surface area contributed by atoms with Crippen LogP contribution in [0.15, 0.2) is 0 Å². The summed E-state index contributed by atoms with van der Waals surface area (Å²) < 4.78 is 16.2. The highest BCUT2D eigenvalue weighted by Gasteiger charge is 2.50. The second-order valence-electron chi connectivity index (χ2n) is 7.93. The number of rotatable bonds is 8. The summed E-state index contributed by atoms with van der Waals surface area (Å²) >= 11 is 0. The molecule has 0 radical (unpaired) electrons. The Hall–Kier alpha value is -1.10. The monoisotopic (exact) mass is 330 g/mol. The van der Waals surface area contributed by atoms with Gasteiger partial charge in [-0.3, -0.25) is 9.59 Å². The van der Waals surface area contributed by atoms with Crippen molar-refractivity contribution in [2.24, 2.45) is 5.41 Å². The van der Waals surface area contributed by atoms with Crippen LogP contribution >= 0.6 is 0 Å². The topological polar surface area (TPSA) is 61.8 Å². The van der Waals surface area contributed by atoms with Gasteiger partial charge in [0.05, 0.1) is 0 Å². The molecule has 5 heteroatoms. The van der Waals surface area contributed by atoms with Crippen LogP contribution in [0.25, 0.3) is 0 Å². The van der Waals surface area contributed by atoms with Crippen LogP contribution in [0.3, 0.4) is 0 Å². The molecule has 23 heavy (non-hydrogen) atoms. The third-order valence-electron chi connectivity index (χ3n) is 3.27. The first-order valence-electron chi connectivity index (χ1n) is 8.34. The molecule has 0 aromatic carbocycles. The lowest BCUT2D eigenvalue weighted by molar-refractivity contribution is -0.187. The Labute approximate surface area is 141 Å². The van der Waals surface area contributed by atoms with Crippen LogP contribution in [0.1, 0.15) is 74.1 Å². The highest BCUT2D eigenvalue weighted by Crippen LogP contribution is 2.35. The lowest BCUT2D eigenvalue weighted by Gasteiger charge is -2.34. The number of unbranched alkanes of at least 4 members (excludes halogenated alkanes) is 1. The second kappa shape index (κ2) is 8.67. The minimum Gasteiger partial charge on any atom is -0.459 e. The summed E-state index contributed by atoms with van der Waals surface area (Å²) in [6.07, 6.45) is 2.27. The van der Waals surface area contributed by atoms with Gasteiger partial charge in [-0.2, -0.15) is 0 Å². The van der Waals surface area contributed by atoms with Gasteiger partial charge in [0.25, 0.3) is 0 Å². The van der Waals surface area contributed by atoms with Gasteiger partial charge in [0.1, 0.15) is 11.2 Å². The summed E-state index contributed by atoms with van der Waals surface area (Å²) in [5.74, 6) is -1.05. The molecule has 0 fully saturated rings. The molecule has 0 spiro atoms. The van der Waals surface area contributed by atoms with Gasteiger partial charge >= 0.3 is 11.9 Å². The number of carbonyl (C=O) groups is 2. The van der Waals surface area contributed by atoms with E-state index in [1.807, 2.05) is 6.92 Å². The van der Waals surface area contributed by atoms with Crippen LogP contribution in [-0.4, -0.2) is 36.9 Å². The zero-order chi connectivity index (χ0) is 18.3. The molecule has 0 unspecified atom stereocenters. The normalized spacial score (nSPS) is 12.9. The molecule has 0 saturated heterocycles. The van der Waals surface area contributed by atoms with E-state index in [9.17, 15) is 9.59 Å². The van der Waals surface area contributed by atoms with Crippen molar-refractivity contribution in [2.45, 2.75) is 85.4 Å². The lowest BCUT2D eigenvalue weighted by atomic mass is 9.79. The number of methoxy groups -OCH3 is 1. The van der Waals surface area contributed by atoms with Gasteiger partial charge in [-0.25, -0.2) is 0 Å². The molecule has 0 aromatic rings. The number of esters is 2. The minimum absolute atomic E-state index is 0.257. The number of carbonyl (C=O) groups excluding carboxylic acids is 2. The molecule has 0 N–H and O–H groups in total. The molecule has 0 aliphatic heterocycles. The van der Waals surface area contributed by atoms with Crippen molar-refractivity contribution in [3.63, 3.8) is 0 Å². The smallest absolute Gasteiger partial charge is 0.324 e. The quantitative estimate of drug-likeness (QED) is 0.499. The molecule has 5 nitrogen and oxygen atoms in total. The average Bonchev–Trinajstić information content (AvgIpc) is 2.35. The van der Waals surface area contributed by atoms with E-state index in [-0.39, 0.29) is 6.42 Å². The Morgan fingerprint density at radius 3 is 1.57 bits per heavy atom. The number of ether oxygens (including phenoxy) is 3. The molecule has 0 saturated carbocycles. The minimum atomic E-state index is -1.31. The first kappa shape index (κ1) is 21.9. The largest absolute Gasteiger partial charge is 0.459 e. The van der Waals surface area contributed by atoms with Crippen LogP contribution in [-0.2, 0) is 23.8 Å². The molecule has 0 atom stereocenters. The summed E-state index contributed by atoms with van der Waals surface area (Å²) in [5.41, 5.74) is -2.64. The van der Waals surface area contributed by atoms with Crippen molar-refractivity contribution >= 4 is 11.9 Å². The Kier molecular flexibility index (Phi) is 8.25. The van der Waals surface area contributed by atoms with E-state index in [0.29, 0.717) is 13.0 Å². The molecule has 0 aliphatic carbocycles. The fourth-order valence-corrected chi connectivity index (χ4v) is 2.12. The van der Waals surface area contributed by atoms with Gasteiger partial charge in [-0.1, -0.05) is 19.8 Å². The highest BCUT2D eigenvalue weighted by atomic mass is 16.6. The highest BCUT2D eigenvalue weighted by molar-refractivity contribution is 6.00. The maximum Gasteiger partial charge on any atom is 0.324 e. The molecule has 0 heterocycles. The fraction of sp³-hybridized carbons (Fsp3) is 0.889. The Morgan fingerprint density at radius 2 is 1.26 bits per heavy atom. The maximum atomic E-state index is 12.8. The first-order valence-corrected chi connectivity index (χ1v) is 8.34. The molecule has 0 aromatic heterocycles. The molecular weight excluding hydrogens is 296 g/mol. The zero-order valence-corrected chi connectivity index (χ0v) is 16.1. The maximum absolute atomic E-state index is 12.8. The van der Waals surface area contributed by atoms with E-state index < -0.39 is 28.6 Å². The summed E-state index contributed by atoms with van der Waals surface area (Å²) in [5, 5.41) is 0. The summed E-state index contributed by atoms with van der Waals surface area (Å²) in [6, 6.07) is 0. The Bertz CT molecular complexity index is 349. The van der Waals surface area contributed by atoms with Crippen molar-refractivity contribution in [1.82, 2.24) is 0 Å². The summed E-state index contributed by atoms with van der Waals surface area (Å²) in [4.78, 5) is 25.7. The third kappa shape index (κ3) is 7.82. The number of hydrogen-bond donors (Lipinski definition) is 0. The van der Waals surface area contributed by atoms with Gasteiger partial charge in [-0.05, 0) is 54.4 Å². The van der Waals surface area contributed by atoms with Crippen LogP contribution < -0.4 is 0 Å². The van der Waals surface area contributed by atoms with E-state index in [1.165, 1.54) is 0 Å². The van der Waals surface area contributed by atoms with E-state index in [0.717, 1.165) is 12.8 Å². The van der Waals surface area contributed by atoms with Gasteiger partial charge in [0.2, 0.25) is 0 Å². The standard InChI is InChI=1S/C18H34O5/c1-9-10-11-18(12-13-21-8,14(19)22-16(2,3)4)15(20)23-17(5,6)7/h9-13H2,1-8H3. The van der Waals surface area contributed by atoms with Crippen LogP contribution in [0.2, 0.25) is 0 Å². The van der Waals surface area contributed by atoms with E-state index in [1.54, 1.807) is 48.7 Å². The lowest BCUT2D eigenvalue weighted by Crippen LogP contribution is -2.47. The molecule has 0 bridgehead atoms. The van der Waals surface area contributed by atoms with Crippen molar-refractivity contribution < 1.29 is 23.8 Å². The third-order valence-corrected chi connectivity index (χ3v) is 3.27. The van der Waals surface area contributed by atoms with Gasteiger partial charge in [-0.15, -0.1) is 0 Å². The van der Waals surface area contributed by atoms with E-state index in [2.05, 4.69) is 0 Å². The molecule has 0 aliphatic rings. The molecular formula is C18H34O5. The van der Waals surface area contributed by atoms with Crippen molar-refractivity contribution in [3.05, 3.63) is 0 Å². The van der Waals surface area contributed by atoms with Crippen LogP contribution in [0, 0.1) is 5.41 Å². The summed E-state index contributed by atoms with van der Waals surface area (Å²) in [7, 11) is 1.55. The first-order chi connectivity index (χ1) is 10.4. The van der Waals surface area contributed by atoms with Gasteiger partial charge < -0.3 is 14.2 Å². The fourth-order valence-electron chi connectivity index (χ4n) is 2.12. The molecule has 136 valence electrons. The predicted molar refractivity (Wildman–Crippen MR) is 90.1 cm³/mol. The van der Waals surface area contributed by atoms with E-state index in [4.69, 9.17) is 14.2 Å². The van der Waals surface area contributed by atoms with Crippen molar-refractivity contribution in [2.75, 3.05) is 13.7 Å².